The van der Waals surface area contributed by atoms with Crippen molar-refractivity contribution in [2.75, 3.05) is 20.3 Å². The molecule has 0 aliphatic carbocycles. The normalized spacial score (nSPS) is 15.8. The monoisotopic (exact) mass is 504 g/mol. The summed E-state index contributed by atoms with van der Waals surface area (Å²) in [5.74, 6) is 2.36. The molecule has 0 radical (unpaired) electrons. The van der Waals surface area contributed by atoms with Crippen LogP contribution in [0.5, 0.6) is 5.75 Å². The SMILES string of the molecule is C=C1c2cnc(C3CCOCC3)n2C=C(Cc2ccc(-c3ccccn3)cc2)N1Cc1ccc(OC)cc1. The van der Waals surface area contributed by atoms with Crippen LogP contribution in [-0.2, 0) is 17.7 Å². The molecule has 2 aromatic carbocycles. The van der Waals surface area contributed by atoms with Crippen LogP contribution < -0.4 is 4.74 Å². The van der Waals surface area contributed by atoms with Gasteiger partial charge in [0.05, 0.1) is 30.4 Å². The Morgan fingerprint density at radius 3 is 2.42 bits per heavy atom. The minimum Gasteiger partial charge on any atom is -0.497 e. The van der Waals surface area contributed by atoms with Crippen LogP contribution in [0.25, 0.3) is 23.2 Å². The molecule has 0 atom stereocenters. The standard InChI is InChI=1S/C32H32N4O2/c1-23-31-20-34-32(27-14-17-38-18-15-27)36(31)22-28(35(23)21-25-8-12-29(37-2)13-9-25)19-24-6-10-26(11-7-24)30-5-3-4-16-33-30/h3-13,16,20,22,27H,1,14-15,17-19,21H2,2H3. The van der Waals surface area contributed by atoms with Crippen molar-refractivity contribution in [3.63, 3.8) is 0 Å². The Bertz CT molecular complexity index is 1430. The molecule has 1 fully saturated rings. The molecular formula is C32H32N4O2. The Morgan fingerprint density at radius 1 is 0.947 bits per heavy atom. The number of nitrogens with zero attached hydrogens (tertiary/aromatic N) is 4. The first-order valence-corrected chi connectivity index (χ1v) is 13.2. The van der Waals surface area contributed by atoms with Gasteiger partial charge in [0.25, 0.3) is 0 Å². The van der Waals surface area contributed by atoms with Crippen LogP contribution in [0, 0.1) is 0 Å². The smallest absolute Gasteiger partial charge is 0.118 e. The third-order valence-corrected chi connectivity index (χ3v) is 7.46. The van der Waals surface area contributed by atoms with Crippen LogP contribution in [0.3, 0.4) is 0 Å². The number of hydrogen-bond donors (Lipinski definition) is 0. The highest BCUT2D eigenvalue weighted by Gasteiger charge is 2.28. The van der Waals surface area contributed by atoms with Crippen molar-refractivity contribution in [3.8, 4) is 17.0 Å². The molecule has 6 rings (SSSR count). The van der Waals surface area contributed by atoms with Crippen LogP contribution in [0.1, 0.15) is 41.4 Å². The average molecular weight is 505 g/mol. The first-order valence-electron chi connectivity index (χ1n) is 13.2. The topological polar surface area (TPSA) is 52.4 Å². The van der Waals surface area contributed by atoms with Crippen molar-refractivity contribution in [2.24, 2.45) is 0 Å². The van der Waals surface area contributed by atoms with Crippen LogP contribution in [0.4, 0.5) is 0 Å². The number of ether oxygens (including phenoxy) is 2. The number of benzene rings is 2. The molecule has 0 unspecified atom stereocenters. The summed E-state index contributed by atoms with van der Waals surface area (Å²) in [5.41, 5.74) is 7.74. The average Bonchev–Trinajstić information content (AvgIpc) is 3.41. The van der Waals surface area contributed by atoms with Crippen molar-refractivity contribution < 1.29 is 9.47 Å². The van der Waals surface area contributed by atoms with E-state index in [1.807, 2.05) is 42.7 Å². The number of rotatable bonds is 7. The van der Waals surface area contributed by atoms with Crippen LogP contribution in [-0.4, -0.2) is 39.8 Å². The maximum atomic E-state index is 5.61. The molecule has 0 spiro atoms. The Labute approximate surface area is 223 Å². The van der Waals surface area contributed by atoms with Gasteiger partial charge in [0.1, 0.15) is 11.6 Å². The number of pyridine rings is 1. The van der Waals surface area contributed by atoms with E-state index in [-0.39, 0.29) is 0 Å². The molecule has 38 heavy (non-hydrogen) atoms. The van der Waals surface area contributed by atoms with E-state index < -0.39 is 0 Å². The lowest BCUT2D eigenvalue weighted by molar-refractivity contribution is 0.0833. The Hall–Kier alpha value is -4.16. The molecule has 192 valence electrons. The number of fused-ring (bicyclic) bond motifs is 1. The summed E-state index contributed by atoms with van der Waals surface area (Å²) in [5, 5.41) is 0. The fourth-order valence-corrected chi connectivity index (χ4v) is 5.30. The predicted octanol–water partition coefficient (Wildman–Crippen LogP) is 6.38. The Morgan fingerprint density at radius 2 is 1.71 bits per heavy atom. The summed E-state index contributed by atoms with van der Waals surface area (Å²) in [6.45, 7) is 6.83. The molecule has 1 saturated heterocycles. The first kappa shape index (κ1) is 24.2. The van der Waals surface area contributed by atoms with Gasteiger partial charge in [-0.25, -0.2) is 4.98 Å². The maximum absolute atomic E-state index is 5.61. The molecule has 2 aliphatic heterocycles. The third kappa shape index (κ3) is 4.87. The van der Waals surface area contributed by atoms with Gasteiger partial charge < -0.3 is 14.4 Å². The molecule has 0 amide bonds. The Balaban J connectivity index is 1.33. The van der Waals surface area contributed by atoms with Crippen LogP contribution in [0.2, 0.25) is 0 Å². The molecule has 0 saturated carbocycles. The highest BCUT2D eigenvalue weighted by Crippen LogP contribution is 2.36. The predicted molar refractivity (Wildman–Crippen MR) is 150 cm³/mol. The Kier molecular flexibility index (Phi) is 6.80. The molecule has 4 aromatic rings. The largest absolute Gasteiger partial charge is 0.497 e. The van der Waals surface area contributed by atoms with Gasteiger partial charge in [-0.2, -0.15) is 0 Å². The lowest BCUT2D eigenvalue weighted by Crippen LogP contribution is -2.28. The van der Waals surface area contributed by atoms with Gasteiger partial charge in [0, 0.05) is 55.8 Å². The summed E-state index contributed by atoms with van der Waals surface area (Å²) < 4.78 is 13.2. The van der Waals surface area contributed by atoms with Gasteiger partial charge in [-0.05, 0) is 48.2 Å². The van der Waals surface area contributed by atoms with Gasteiger partial charge in [-0.3, -0.25) is 9.55 Å². The van der Waals surface area contributed by atoms with Crippen LogP contribution in [0.15, 0.2) is 91.4 Å². The molecule has 2 aliphatic rings. The summed E-state index contributed by atoms with van der Waals surface area (Å²) in [6.07, 6.45) is 8.84. The quantitative estimate of drug-likeness (QED) is 0.293. The number of aromatic nitrogens is 3. The maximum Gasteiger partial charge on any atom is 0.118 e. The number of methoxy groups -OCH3 is 1. The zero-order chi connectivity index (χ0) is 25.9. The summed E-state index contributed by atoms with van der Waals surface area (Å²) in [4.78, 5) is 11.7. The number of imidazole rings is 1. The lowest BCUT2D eigenvalue weighted by atomic mass is 9.99. The van der Waals surface area contributed by atoms with Crippen molar-refractivity contribution >= 4 is 11.9 Å². The fraction of sp³-hybridized carbons (Fsp3) is 0.250. The summed E-state index contributed by atoms with van der Waals surface area (Å²) >= 11 is 0. The van der Waals surface area contributed by atoms with E-state index >= 15 is 0 Å². The van der Waals surface area contributed by atoms with E-state index in [1.165, 1.54) is 16.8 Å². The van der Waals surface area contributed by atoms with Gasteiger partial charge in [0.15, 0.2) is 0 Å². The number of allylic oxidation sites excluding steroid dienone is 1. The van der Waals surface area contributed by atoms with E-state index in [9.17, 15) is 0 Å². The number of hydrogen-bond acceptors (Lipinski definition) is 5. The van der Waals surface area contributed by atoms with Crippen LogP contribution >= 0.6 is 0 Å². The molecule has 6 heteroatoms. The van der Waals surface area contributed by atoms with Gasteiger partial charge in [-0.1, -0.05) is 49.0 Å². The minimum atomic E-state index is 0.397. The zero-order valence-electron chi connectivity index (χ0n) is 21.7. The van der Waals surface area contributed by atoms with E-state index in [2.05, 4.69) is 63.6 Å². The second kappa shape index (κ2) is 10.7. The highest BCUT2D eigenvalue weighted by atomic mass is 16.5. The first-order chi connectivity index (χ1) is 18.7. The second-order valence-corrected chi connectivity index (χ2v) is 9.85. The molecule has 2 aromatic heterocycles. The summed E-state index contributed by atoms with van der Waals surface area (Å²) in [6, 6.07) is 22.9. The van der Waals surface area contributed by atoms with E-state index in [4.69, 9.17) is 14.5 Å². The van der Waals surface area contributed by atoms with Gasteiger partial charge in [-0.15, -0.1) is 0 Å². The van der Waals surface area contributed by atoms with Crippen molar-refractivity contribution in [1.29, 1.82) is 0 Å². The molecule has 4 heterocycles. The lowest BCUT2D eigenvalue weighted by Gasteiger charge is -2.34. The van der Waals surface area contributed by atoms with E-state index in [1.54, 1.807) is 7.11 Å². The molecule has 0 N–H and O–H groups in total. The van der Waals surface area contributed by atoms with E-state index in [0.717, 1.165) is 73.2 Å². The van der Waals surface area contributed by atoms with Crippen molar-refractivity contribution in [3.05, 3.63) is 114 Å². The van der Waals surface area contributed by atoms with Gasteiger partial charge >= 0.3 is 0 Å². The second-order valence-electron chi connectivity index (χ2n) is 9.85. The molecule has 0 bridgehead atoms. The summed E-state index contributed by atoms with van der Waals surface area (Å²) in [7, 11) is 1.69. The molecular weight excluding hydrogens is 472 g/mol. The minimum absolute atomic E-state index is 0.397. The highest BCUT2D eigenvalue weighted by molar-refractivity contribution is 5.68. The third-order valence-electron chi connectivity index (χ3n) is 7.46. The van der Waals surface area contributed by atoms with Crippen molar-refractivity contribution in [2.45, 2.75) is 31.7 Å². The zero-order valence-corrected chi connectivity index (χ0v) is 21.7. The van der Waals surface area contributed by atoms with Crippen molar-refractivity contribution in [1.82, 2.24) is 19.4 Å². The molecule has 6 nitrogen and oxygen atoms in total. The van der Waals surface area contributed by atoms with Gasteiger partial charge in [0.2, 0.25) is 0 Å². The fourth-order valence-electron chi connectivity index (χ4n) is 5.30. The van der Waals surface area contributed by atoms with E-state index in [0.29, 0.717) is 5.92 Å².